The average Bonchev–Trinajstić information content (AvgIpc) is 3.35. The predicted molar refractivity (Wildman–Crippen MR) is 109 cm³/mol. The fraction of sp³-hybridized carbons (Fsp3) is 0.333. The largest absolute Gasteiger partial charge is 0.351 e. The number of rotatable bonds is 6. The monoisotopic (exact) mass is 375 g/mol. The lowest BCUT2D eigenvalue weighted by Crippen LogP contribution is -2.32. The van der Waals surface area contributed by atoms with Gasteiger partial charge in [0.15, 0.2) is 11.8 Å². The van der Waals surface area contributed by atoms with Crippen molar-refractivity contribution in [3.8, 4) is 11.5 Å². The molecule has 0 bridgehead atoms. The molecule has 0 aliphatic carbocycles. The van der Waals surface area contributed by atoms with Crippen molar-refractivity contribution in [1.29, 1.82) is 0 Å². The number of aliphatic imine (C=N–C) groups is 1. The van der Waals surface area contributed by atoms with E-state index in [-0.39, 0.29) is 0 Å². The third kappa shape index (κ3) is 4.19. The first-order chi connectivity index (χ1) is 13.7. The Bertz CT molecular complexity index is 918. The normalized spacial score (nSPS) is 18.0. The SMILES string of the molecule is CC(C)C1CN(Cc2ccccc2)C(=NCc2nc(-c3ccccn3)n[nH]2)N1. The van der Waals surface area contributed by atoms with Crippen molar-refractivity contribution >= 4 is 5.96 Å². The summed E-state index contributed by atoms with van der Waals surface area (Å²) >= 11 is 0. The maximum absolute atomic E-state index is 4.79. The van der Waals surface area contributed by atoms with E-state index in [1.807, 2.05) is 24.3 Å². The van der Waals surface area contributed by atoms with Crippen LogP contribution in [0.15, 0.2) is 59.7 Å². The van der Waals surface area contributed by atoms with Crippen LogP contribution in [0.2, 0.25) is 0 Å². The highest BCUT2D eigenvalue weighted by molar-refractivity contribution is 5.82. The van der Waals surface area contributed by atoms with Crippen molar-refractivity contribution in [1.82, 2.24) is 30.4 Å². The van der Waals surface area contributed by atoms with Crippen LogP contribution in [0.25, 0.3) is 11.5 Å². The second kappa shape index (κ2) is 8.21. The summed E-state index contributed by atoms with van der Waals surface area (Å²) in [5.41, 5.74) is 2.03. The molecule has 1 fully saturated rings. The van der Waals surface area contributed by atoms with Crippen molar-refractivity contribution in [2.75, 3.05) is 6.54 Å². The third-order valence-corrected chi connectivity index (χ3v) is 4.86. The first-order valence-electron chi connectivity index (χ1n) is 9.61. The summed E-state index contributed by atoms with van der Waals surface area (Å²) in [6.45, 7) is 6.69. The van der Waals surface area contributed by atoms with Gasteiger partial charge in [-0.3, -0.25) is 10.1 Å². The molecular formula is C21H25N7. The van der Waals surface area contributed by atoms with Gasteiger partial charge < -0.3 is 10.2 Å². The maximum Gasteiger partial charge on any atom is 0.199 e. The van der Waals surface area contributed by atoms with E-state index in [9.17, 15) is 0 Å². The number of nitrogens with one attached hydrogen (secondary N) is 2. The predicted octanol–water partition coefficient (Wildman–Crippen LogP) is 2.85. The molecule has 3 heterocycles. The number of H-pyrrole nitrogens is 1. The second-order valence-corrected chi connectivity index (χ2v) is 7.32. The number of hydrogen-bond acceptors (Lipinski definition) is 4. The highest BCUT2D eigenvalue weighted by atomic mass is 15.4. The van der Waals surface area contributed by atoms with E-state index in [0.717, 1.165) is 30.6 Å². The highest BCUT2D eigenvalue weighted by Crippen LogP contribution is 2.16. The fourth-order valence-electron chi connectivity index (χ4n) is 3.22. The van der Waals surface area contributed by atoms with Gasteiger partial charge in [-0.25, -0.2) is 9.98 Å². The molecular weight excluding hydrogens is 350 g/mol. The molecule has 144 valence electrons. The Morgan fingerprint density at radius 1 is 1.14 bits per heavy atom. The number of aromatic nitrogens is 4. The number of benzene rings is 1. The zero-order chi connectivity index (χ0) is 19.3. The molecule has 28 heavy (non-hydrogen) atoms. The number of hydrogen-bond donors (Lipinski definition) is 2. The van der Waals surface area contributed by atoms with E-state index in [0.29, 0.717) is 24.3 Å². The Hall–Kier alpha value is -3.22. The summed E-state index contributed by atoms with van der Waals surface area (Å²) in [7, 11) is 0. The molecule has 1 atom stereocenters. The van der Waals surface area contributed by atoms with Crippen LogP contribution in [-0.2, 0) is 13.1 Å². The van der Waals surface area contributed by atoms with Gasteiger partial charge in [0, 0.05) is 25.3 Å². The van der Waals surface area contributed by atoms with Crippen molar-refractivity contribution < 1.29 is 0 Å². The molecule has 4 rings (SSSR count). The Morgan fingerprint density at radius 2 is 1.96 bits per heavy atom. The van der Waals surface area contributed by atoms with E-state index < -0.39 is 0 Å². The first kappa shape index (κ1) is 18.2. The molecule has 0 spiro atoms. The van der Waals surface area contributed by atoms with Crippen LogP contribution >= 0.6 is 0 Å². The second-order valence-electron chi connectivity index (χ2n) is 7.32. The molecule has 7 heteroatoms. The average molecular weight is 375 g/mol. The van der Waals surface area contributed by atoms with Crippen molar-refractivity contribution in [3.63, 3.8) is 0 Å². The van der Waals surface area contributed by atoms with Gasteiger partial charge in [0.25, 0.3) is 0 Å². The van der Waals surface area contributed by atoms with Gasteiger partial charge in [-0.2, -0.15) is 5.10 Å². The third-order valence-electron chi connectivity index (χ3n) is 4.86. The van der Waals surface area contributed by atoms with Crippen molar-refractivity contribution in [2.24, 2.45) is 10.9 Å². The minimum absolute atomic E-state index is 0.390. The minimum atomic E-state index is 0.390. The summed E-state index contributed by atoms with van der Waals surface area (Å²) in [5.74, 6) is 2.77. The van der Waals surface area contributed by atoms with Crippen molar-refractivity contribution in [3.05, 3.63) is 66.1 Å². The molecule has 3 aromatic rings. The first-order valence-corrected chi connectivity index (χ1v) is 9.61. The number of guanidine groups is 1. The minimum Gasteiger partial charge on any atom is -0.351 e. The van der Waals surface area contributed by atoms with Gasteiger partial charge in [0.2, 0.25) is 0 Å². The van der Waals surface area contributed by atoms with Crippen LogP contribution in [0.4, 0.5) is 0 Å². The zero-order valence-corrected chi connectivity index (χ0v) is 16.2. The number of nitrogens with zero attached hydrogens (tertiary/aromatic N) is 5. The maximum atomic E-state index is 4.79. The highest BCUT2D eigenvalue weighted by Gasteiger charge is 2.29. The topological polar surface area (TPSA) is 82.1 Å². The van der Waals surface area contributed by atoms with Gasteiger partial charge in [0.05, 0.1) is 0 Å². The molecule has 2 N–H and O–H groups in total. The summed E-state index contributed by atoms with van der Waals surface area (Å²) in [5, 5.41) is 10.8. The Balaban J connectivity index is 1.49. The van der Waals surface area contributed by atoms with Crippen LogP contribution < -0.4 is 5.32 Å². The summed E-state index contributed by atoms with van der Waals surface area (Å²) < 4.78 is 0. The van der Waals surface area contributed by atoms with Gasteiger partial charge in [0.1, 0.15) is 18.1 Å². The molecule has 1 aromatic carbocycles. The van der Waals surface area contributed by atoms with Crippen LogP contribution in [0.1, 0.15) is 25.2 Å². The van der Waals surface area contributed by atoms with E-state index in [1.165, 1.54) is 5.56 Å². The molecule has 1 aliphatic rings. The summed E-state index contributed by atoms with van der Waals surface area (Å²) in [4.78, 5) is 15.9. The zero-order valence-electron chi connectivity index (χ0n) is 16.2. The van der Waals surface area contributed by atoms with E-state index in [4.69, 9.17) is 4.99 Å². The summed E-state index contributed by atoms with van der Waals surface area (Å²) in [6.07, 6.45) is 1.74. The Kier molecular flexibility index (Phi) is 5.32. The summed E-state index contributed by atoms with van der Waals surface area (Å²) in [6, 6.07) is 16.6. The lowest BCUT2D eigenvalue weighted by molar-refractivity contribution is 0.381. The molecule has 1 unspecified atom stereocenters. The van der Waals surface area contributed by atoms with Crippen LogP contribution in [0.3, 0.4) is 0 Å². The van der Waals surface area contributed by atoms with E-state index in [2.05, 4.69) is 68.5 Å². The molecule has 1 aliphatic heterocycles. The number of pyridine rings is 1. The van der Waals surface area contributed by atoms with Gasteiger partial charge in [-0.15, -0.1) is 0 Å². The lowest BCUT2D eigenvalue weighted by atomic mass is 10.1. The molecule has 1 saturated heterocycles. The quantitative estimate of drug-likeness (QED) is 0.692. The Morgan fingerprint density at radius 3 is 2.71 bits per heavy atom. The van der Waals surface area contributed by atoms with Gasteiger partial charge in [-0.05, 0) is 23.6 Å². The fourth-order valence-corrected chi connectivity index (χ4v) is 3.22. The Labute approximate surface area is 165 Å². The van der Waals surface area contributed by atoms with Gasteiger partial charge in [-0.1, -0.05) is 50.2 Å². The molecule has 2 aromatic heterocycles. The van der Waals surface area contributed by atoms with Crippen molar-refractivity contribution in [2.45, 2.75) is 33.0 Å². The van der Waals surface area contributed by atoms with E-state index in [1.54, 1.807) is 6.20 Å². The van der Waals surface area contributed by atoms with E-state index >= 15 is 0 Å². The molecule has 0 amide bonds. The van der Waals surface area contributed by atoms with Crippen LogP contribution in [0, 0.1) is 5.92 Å². The number of aromatic amines is 1. The standard InChI is InChI=1S/C21H25N7/c1-15(2)18-14-28(13-16-8-4-3-5-9-16)21(24-18)23-12-19-25-20(27-26-19)17-10-6-7-11-22-17/h3-11,15,18H,12-14H2,1-2H3,(H,23,24)(H,25,26,27). The van der Waals surface area contributed by atoms with Gasteiger partial charge >= 0.3 is 0 Å². The van der Waals surface area contributed by atoms with Crippen LogP contribution in [0.5, 0.6) is 0 Å². The lowest BCUT2D eigenvalue weighted by Gasteiger charge is -2.18. The smallest absolute Gasteiger partial charge is 0.199 e. The molecule has 0 saturated carbocycles. The molecule has 0 radical (unpaired) electrons. The molecule has 7 nitrogen and oxygen atoms in total. The van der Waals surface area contributed by atoms with Crippen LogP contribution in [-0.4, -0.2) is 43.6 Å².